The molecule has 5 unspecified atom stereocenters. The first-order chi connectivity index (χ1) is 6.66. The van der Waals surface area contributed by atoms with Crippen LogP contribution in [0.15, 0.2) is 0 Å². The van der Waals surface area contributed by atoms with Crippen LogP contribution < -0.4 is 10.6 Å². The van der Waals surface area contributed by atoms with Gasteiger partial charge in [-0.15, -0.1) is 0 Å². The maximum Gasteiger partial charge on any atom is 0.0195 e. The molecule has 1 aliphatic carbocycles. The molecule has 0 aromatic carbocycles. The first-order valence-corrected chi connectivity index (χ1v) is 6.16. The average Bonchev–Trinajstić information content (AvgIpc) is 2.20. The topological polar surface area (TPSA) is 24.1 Å². The third-order valence-corrected chi connectivity index (χ3v) is 4.27. The lowest BCUT2D eigenvalue weighted by Gasteiger charge is -2.44. The third kappa shape index (κ3) is 2.12. The molecule has 0 amide bonds. The van der Waals surface area contributed by atoms with Crippen molar-refractivity contribution in [3.8, 4) is 0 Å². The molecule has 1 heterocycles. The zero-order chi connectivity index (χ0) is 10.1. The molecule has 2 rings (SSSR count). The Balaban J connectivity index is 1.71. The standard InChI is InChI=1S/C12H24N2/c1-8-6-12(10(8)3)14-11-5-4-9(2)13-7-11/h8-14H,4-7H2,1-3H3. The number of nitrogens with one attached hydrogen (secondary N) is 2. The summed E-state index contributed by atoms with van der Waals surface area (Å²) in [7, 11) is 0. The second-order valence-corrected chi connectivity index (χ2v) is 5.43. The van der Waals surface area contributed by atoms with Crippen LogP contribution in [0.3, 0.4) is 0 Å². The maximum atomic E-state index is 3.79. The second kappa shape index (κ2) is 4.19. The summed E-state index contributed by atoms with van der Waals surface area (Å²) in [6.07, 6.45) is 4.06. The molecule has 2 aliphatic rings. The van der Waals surface area contributed by atoms with Gasteiger partial charge < -0.3 is 10.6 Å². The van der Waals surface area contributed by atoms with Crippen molar-refractivity contribution in [1.29, 1.82) is 0 Å². The molecule has 1 saturated heterocycles. The van der Waals surface area contributed by atoms with Gasteiger partial charge in [0.25, 0.3) is 0 Å². The van der Waals surface area contributed by atoms with Gasteiger partial charge in [0.05, 0.1) is 0 Å². The van der Waals surface area contributed by atoms with Crippen LogP contribution >= 0.6 is 0 Å². The molecule has 0 bridgehead atoms. The Morgan fingerprint density at radius 1 is 1.14 bits per heavy atom. The summed E-state index contributed by atoms with van der Waals surface area (Å²) >= 11 is 0. The summed E-state index contributed by atoms with van der Waals surface area (Å²) in [5.74, 6) is 1.82. The van der Waals surface area contributed by atoms with E-state index in [-0.39, 0.29) is 0 Å². The van der Waals surface area contributed by atoms with Gasteiger partial charge in [-0.25, -0.2) is 0 Å². The molecule has 2 fully saturated rings. The summed E-state index contributed by atoms with van der Waals surface area (Å²) in [6.45, 7) is 8.19. The van der Waals surface area contributed by atoms with Crippen LogP contribution in [0, 0.1) is 11.8 Å². The number of rotatable bonds is 2. The summed E-state index contributed by atoms with van der Waals surface area (Å²) in [6, 6.07) is 2.25. The molecule has 82 valence electrons. The van der Waals surface area contributed by atoms with E-state index in [1.807, 2.05) is 0 Å². The summed E-state index contributed by atoms with van der Waals surface area (Å²) < 4.78 is 0. The van der Waals surface area contributed by atoms with Crippen LogP contribution in [0.25, 0.3) is 0 Å². The number of hydrogen-bond donors (Lipinski definition) is 2. The molecule has 1 saturated carbocycles. The largest absolute Gasteiger partial charge is 0.313 e. The molecule has 0 aromatic rings. The van der Waals surface area contributed by atoms with Crippen molar-refractivity contribution >= 4 is 0 Å². The van der Waals surface area contributed by atoms with Gasteiger partial charge in [0.15, 0.2) is 0 Å². The van der Waals surface area contributed by atoms with Crippen LogP contribution in [0.5, 0.6) is 0 Å². The van der Waals surface area contributed by atoms with Crippen molar-refractivity contribution in [2.75, 3.05) is 6.54 Å². The molecular weight excluding hydrogens is 172 g/mol. The summed E-state index contributed by atoms with van der Waals surface area (Å²) in [4.78, 5) is 0. The molecule has 0 spiro atoms. The van der Waals surface area contributed by atoms with E-state index in [1.54, 1.807) is 0 Å². The fraction of sp³-hybridized carbons (Fsp3) is 1.00. The van der Waals surface area contributed by atoms with E-state index in [9.17, 15) is 0 Å². The third-order valence-electron chi connectivity index (χ3n) is 4.27. The monoisotopic (exact) mass is 196 g/mol. The highest BCUT2D eigenvalue weighted by Crippen LogP contribution is 2.34. The van der Waals surface area contributed by atoms with Crippen LogP contribution in [0.1, 0.15) is 40.0 Å². The van der Waals surface area contributed by atoms with Gasteiger partial charge in [0.1, 0.15) is 0 Å². The van der Waals surface area contributed by atoms with E-state index in [4.69, 9.17) is 0 Å². The first kappa shape index (κ1) is 10.4. The van der Waals surface area contributed by atoms with Gasteiger partial charge in [0.2, 0.25) is 0 Å². The Bertz CT molecular complexity index is 185. The first-order valence-electron chi connectivity index (χ1n) is 6.16. The van der Waals surface area contributed by atoms with E-state index >= 15 is 0 Å². The minimum Gasteiger partial charge on any atom is -0.313 e. The van der Waals surface area contributed by atoms with Gasteiger partial charge in [-0.1, -0.05) is 13.8 Å². The quantitative estimate of drug-likeness (QED) is 0.703. The van der Waals surface area contributed by atoms with Crippen LogP contribution in [0.2, 0.25) is 0 Å². The van der Waals surface area contributed by atoms with Crippen molar-refractivity contribution in [1.82, 2.24) is 10.6 Å². The normalized spacial score (nSPS) is 48.6. The van der Waals surface area contributed by atoms with Crippen LogP contribution in [-0.2, 0) is 0 Å². The summed E-state index contributed by atoms with van der Waals surface area (Å²) in [5.41, 5.74) is 0. The fourth-order valence-electron chi connectivity index (χ4n) is 2.69. The van der Waals surface area contributed by atoms with Gasteiger partial charge in [-0.05, 0) is 38.0 Å². The SMILES string of the molecule is CC1CCC(NC2CC(C)C2C)CN1. The Morgan fingerprint density at radius 2 is 1.93 bits per heavy atom. The number of piperidine rings is 1. The van der Waals surface area contributed by atoms with Gasteiger partial charge in [-0.3, -0.25) is 0 Å². The predicted octanol–water partition coefficient (Wildman–Crippen LogP) is 1.76. The van der Waals surface area contributed by atoms with Crippen molar-refractivity contribution in [3.63, 3.8) is 0 Å². The fourth-order valence-corrected chi connectivity index (χ4v) is 2.69. The minimum absolute atomic E-state index is 0.728. The van der Waals surface area contributed by atoms with Gasteiger partial charge in [-0.2, -0.15) is 0 Å². The maximum absolute atomic E-state index is 3.79. The molecule has 0 radical (unpaired) electrons. The van der Waals surface area contributed by atoms with E-state index in [0.717, 1.165) is 30.0 Å². The van der Waals surface area contributed by atoms with Crippen molar-refractivity contribution in [2.45, 2.75) is 58.2 Å². The lowest BCUT2D eigenvalue weighted by Crippen LogP contribution is -2.56. The summed E-state index contributed by atoms with van der Waals surface area (Å²) in [5, 5.41) is 7.34. The van der Waals surface area contributed by atoms with E-state index < -0.39 is 0 Å². The Hall–Kier alpha value is -0.0800. The van der Waals surface area contributed by atoms with Crippen molar-refractivity contribution in [2.24, 2.45) is 11.8 Å². The molecule has 5 atom stereocenters. The second-order valence-electron chi connectivity index (χ2n) is 5.43. The molecule has 1 aliphatic heterocycles. The zero-order valence-corrected chi connectivity index (χ0v) is 9.72. The van der Waals surface area contributed by atoms with Crippen LogP contribution in [0.4, 0.5) is 0 Å². The van der Waals surface area contributed by atoms with E-state index in [1.165, 1.54) is 25.8 Å². The molecule has 0 aromatic heterocycles. The minimum atomic E-state index is 0.728. The van der Waals surface area contributed by atoms with E-state index in [2.05, 4.69) is 31.4 Å². The molecular formula is C12H24N2. The van der Waals surface area contributed by atoms with Crippen molar-refractivity contribution < 1.29 is 0 Å². The van der Waals surface area contributed by atoms with Gasteiger partial charge >= 0.3 is 0 Å². The zero-order valence-electron chi connectivity index (χ0n) is 9.72. The Morgan fingerprint density at radius 3 is 2.43 bits per heavy atom. The lowest BCUT2D eigenvalue weighted by atomic mass is 9.71. The Kier molecular flexibility index (Phi) is 3.13. The van der Waals surface area contributed by atoms with E-state index in [0.29, 0.717) is 0 Å². The number of hydrogen-bond acceptors (Lipinski definition) is 2. The van der Waals surface area contributed by atoms with Gasteiger partial charge in [0, 0.05) is 24.7 Å². The molecule has 2 nitrogen and oxygen atoms in total. The molecule has 2 N–H and O–H groups in total. The van der Waals surface area contributed by atoms with Crippen LogP contribution in [-0.4, -0.2) is 24.7 Å². The average molecular weight is 196 g/mol. The highest BCUT2D eigenvalue weighted by molar-refractivity contribution is 4.92. The van der Waals surface area contributed by atoms with Crippen molar-refractivity contribution in [3.05, 3.63) is 0 Å². The predicted molar refractivity (Wildman–Crippen MR) is 60.4 cm³/mol. The smallest absolute Gasteiger partial charge is 0.0195 e. The lowest BCUT2D eigenvalue weighted by molar-refractivity contribution is 0.118. The Labute approximate surface area is 87.8 Å². The highest BCUT2D eigenvalue weighted by atomic mass is 15.0. The molecule has 14 heavy (non-hydrogen) atoms. The highest BCUT2D eigenvalue weighted by Gasteiger charge is 2.35. The molecule has 2 heteroatoms.